The Balaban J connectivity index is 2.51. The fourth-order valence-corrected chi connectivity index (χ4v) is 2.23. The molecule has 0 bridgehead atoms. The highest BCUT2D eigenvalue weighted by Gasteiger charge is 2.09. The SMILES string of the molecule is CCNC(=NCCCOCCOC)N(C)Cc1ccccc1OC. The predicted molar refractivity (Wildman–Crippen MR) is 97.8 cm³/mol. The molecule has 0 unspecified atom stereocenters. The molecule has 0 aliphatic carbocycles. The molecule has 1 N–H and O–H groups in total. The number of para-hydroxylation sites is 1. The van der Waals surface area contributed by atoms with Crippen LogP contribution in [0.4, 0.5) is 0 Å². The lowest BCUT2D eigenvalue weighted by Crippen LogP contribution is -2.38. The Hall–Kier alpha value is -1.79. The molecule has 1 rings (SSSR count). The Morgan fingerprint density at radius 1 is 1.17 bits per heavy atom. The monoisotopic (exact) mass is 337 g/mol. The smallest absolute Gasteiger partial charge is 0.193 e. The van der Waals surface area contributed by atoms with Crippen molar-refractivity contribution in [3.8, 4) is 5.75 Å². The van der Waals surface area contributed by atoms with Gasteiger partial charge in [-0.25, -0.2) is 0 Å². The fraction of sp³-hybridized carbons (Fsp3) is 0.611. The van der Waals surface area contributed by atoms with E-state index < -0.39 is 0 Å². The molecule has 1 aromatic carbocycles. The molecule has 0 aliphatic rings. The van der Waals surface area contributed by atoms with E-state index in [2.05, 4.69) is 28.2 Å². The minimum absolute atomic E-state index is 0.632. The lowest BCUT2D eigenvalue weighted by molar-refractivity contribution is 0.0702. The van der Waals surface area contributed by atoms with Crippen molar-refractivity contribution >= 4 is 5.96 Å². The number of benzene rings is 1. The van der Waals surface area contributed by atoms with E-state index in [0.717, 1.165) is 43.3 Å². The summed E-state index contributed by atoms with van der Waals surface area (Å²) in [5.41, 5.74) is 1.14. The minimum atomic E-state index is 0.632. The largest absolute Gasteiger partial charge is 0.496 e. The summed E-state index contributed by atoms with van der Waals surface area (Å²) in [6.07, 6.45) is 0.890. The Morgan fingerprint density at radius 3 is 2.67 bits per heavy atom. The first-order valence-corrected chi connectivity index (χ1v) is 8.41. The van der Waals surface area contributed by atoms with Gasteiger partial charge >= 0.3 is 0 Å². The molecule has 6 heteroatoms. The molecule has 0 heterocycles. The van der Waals surface area contributed by atoms with Crippen LogP contribution in [0, 0.1) is 0 Å². The van der Waals surface area contributed by atoms with Crippen molar-refractivity contribution in [2.75, 3.05) is 54.2 Å². The van der Waals surface area contributed by atoms with Gasteiger partial charge in [-0.2, -0.15) is 0 Å². The first kappa shape index (κ1) is 20.3. The third-order valence-corrected chi connectivity index (χ3v) is 3.44. The van der Waals surface area contributed by atoms with Crippen molar-refractivity contribution in [3.05, 3.63) is 29.8 Å². The molecule has 0 fully saturated rings. The van der Waals surface area contributed by atoms with Crippen LogP contribution in [0.15, 0.2) is 29.3 Å². The van der Waals surface area contributed by atoms with Gasteiger partial charge in [-0.3, -0.25) is 4.99 Å². The molecule has 0 spiro atoms. The van der Waals surface area contributed by atoms with Crippen LogP contribution in [-0.4, -0.2) is 65.0 Å². The maximum Gasteiger partial charge on any atom is 0.193 e. The minimum Gasteiger partial charge on any atom is -0.496 e. The van der Waals surface area contributed by atoms with Crippen LogP contribution in [0.1, 0.15) is 18.9 Å². The van der Waals surface area contributed by atoms with E-state index in [-0.39, 0.29) is 0 Å². The third kappa shape index (κ3) is 7.66. The summed E-state index contributed by atoms with van der Waals surface area (Å²) in [6, 6.07) is 8.05. The van der Waals surface area contributed by atoms with Crippen molar-refractivity contribution in [2.45, 2.75) is 19.9 Å². The average molecular weight is 337 g/mol. The molecule has 6 nitrogen and oxygen atoms in total. The van der Waals surface area contributed by atoms with Crippen LogP contribution in [0.5, 0.6) is 5.75 Å². The number of rotatable bonds is 11. The fourth-order valence-electron chi connectivity index (χ4n) is 2.23. The third-order valence-electron chi connectivity index (χ3n) is 3.44. The van der Waals surface area contributed by atoms with Gasteiger partial charge in [-0.15, -0.1) is 0 Å². The van der Waals surface area contributed by atoms with E-state index >= 15 is 0 Å². The second-order valence-corrected chi connectivity index (χ2v) is 5.36. The lowest BCUT2D eigenvalue weighted by atomic mass is 10.2. The summed E-state index contributed by atoms with van der Waals surface area (Å²) in [4.78, 5) is 6.77. The number of hydrogen-bond donors (Lipinski definition) is 1. The van der Waals surface area contributed by atoms with Gasteiger partial charge in [0.15, 0.2) is 5.96 Å². The van der Waals surface area contributed by atoms with Crippen molar-refractivity contribution in [1.82, 2.24) is 10.2 Å². The summed E-state index contributed by atoms with van der Waals surface area (Å²) in [5.74, 6) is 1.78. The van der Waals surface area contributed by atoms with Gasteiger partial charge in [0, 0.05) is 46.0 Å². The van der Waals surface area contributed by atoms with Gasteiger partial charge in [-0.05, 0) is 19.4 Å². The molecule has 0 atom stereocenters. The molecule has 0 saturated heterocycles. The van der Waals surface area contributed by atoms with Crippen molar-refractivity contribution in [1.29, 1.82) is 0 Å². The van der Waals surface area contributed by atoms with E-state index in [4.69, 9.17) is 14.2 Å². The Bertz CT molecular complexity index is 480. The van der Waals surface area contributed by atoms with Gasteiger partial charge in [0.05, 0.1) is 20.3 Å². The van der Waals surface area contributed by atoms with Crippen LogP contribution < -0.4 is 10.1 Å². The first-order valence-electron chi connectivity index (χ1n) is 8.41. The summed E-state index contributed by atoms with van der Waals surface area (Å²) in [7, 11) is 5.40. The van der Waals surface area contributed by atoms with E-state index in [1.54, 1.807) is 14.2 Å². The van der Waals surface area contributed by atoms with Crippen LogP contribution in [0.2, 0.25) is 0 Å². The zero-order valence-corrected chi connectivity index (χ0v) is 15.4. The standard InChI is InChI=1S/C18H31N3O3/c1-5-19-18(20-11-8-12-24-14-13-22-3)21(2)15-16-9-6-7-10-17(16)23-4/h6-7,9-10H,5,8,11-15H2,1-4H3,(H,19,20). The maximum absolute atomic E-state index is 5.46. The number of hydrogen-bond acceptors (Lipinski definition) is 4. The Labute approximate surface area is 145 Å². The second kappa shape index (κ2) is 12.6. The molecule has 0 saturated carbocycles. The van der Waals surface area contributed by atoms with Gasteiger partial charge in [0.25, 0.3) is 0 Å². The highest BCUT2D eigenvalue weighted by atomic mass is 16.5. The van der Waals surface area contributed by atoms with Crippen molar-refractivity contribution < 1.29 is 14.2 Å². The second-order valence-electron chi connectivity index (χ2n) is 5.36. The molecule has 0 amide bonds. The Kier molecular flexibility index (Phi) is 10.6. The molecular formula is C18H31N3O3. The van der Waals surface area contributed by atoms with E-state index in [1.807, 2.05) is 25.2 Å². The number of guanidine groups is 1. The van der Waals surface area contributed by atoms with Crippen LogP contribution in [0.25, 0.3) is 0 Å². The number of methoxy groups -OCH3 is 2. The highest BCUT2D eigenvalue weighted by Crippen LogP contribution is 2.18. The van der Waals surface area contributed by atoms with Gasteiger partial charge in [-0.1, -0.05) is 18.2 Å². The molecular weight excluding hydrogens is 306 g/mol. The van der Waals surface area contributed by atoms with Crippen LogP contribution in [0.3, 0.4) is 0 Å². The molecule has 24 heavy (non-hydrogen) atoms. The first-order chi connectivity index (χ1) is 11.7. The quantitative estimate of drug-likeness (QED) is 0.381. The van der Waals surface area contributed by atoms with Crippen LogP contribution >= 0.6 is 0 Å². The van der Waals surface area contributed by atoms with Crippen molar-refractivity contribution in [3.63, 3.8) is 0 Å². The van der Waals surface area contributed by atoms with Gasteiger partial charge in [0.2, 0.25) is 0 Å². The summed E-state index contributed by atoms with van der Waals surface area (Å²) < 4.78 is 15.8. The number of nitrogens with one attached hydrogen (secondary N) is 1. The van der Waals surface area contributed by atoms with Crippen LogP contribution in [-0.2, 0) is 16.0 Å². The number of ether oxygens (including phenoxy) is 3. The zero-order chi connectivity index (χ0) is 17.6. The van der Waals surface area contributed by atoms with E-state index in [0.29, 0.717) is 19.8 Å². The van der Waals surface area contributed by atoms with Gasteiger partial charge < -0.3 is 24.4 Å². The molecule has 136 valence electrons. The Morgan fingerprint density at radius 2 is 1.96 bits per heavy atom. The predicted octanol–water partition coefficient (Wildman–Crippen LogP) is 2.15. The maximum atomic E-state index is 5.46. The zero-order valence-electron chi connectivity index (χ0n) is 15.4. The molecule has 0 aromatic heterocycles. The highest BCUT2D eigenvalue weighted by molar-refractivity contribution is 5.79. The molecule has 0 radical (unpaired) electrons. The van der Waals surface area contributed by atoms with E-state index in [9.17, 15) is 0 Å². The summed E-state index contributed by atoms with van der Waals surface area (Å²) in [6.45, 7) is 6.33. The van der Waals surface area contributed by atoms with Crippen molar-refractivity contribution in [2.24, 2.45) is 4.99 Å². The summed E-state index contributed by atoms with van der Waals surface area (Å²) in [5, 5.41) is 3.33. The molecule has 0 aliphatic heterocycles. The number of aliphatic imine (C=N–C) groups is 1. The normalized spacial score (nSPS) is 11.4. The summed E-state index contributed by atoms with van der Waals surface area (Å²) >= 11 is 0. The molecule has 1 aromatic rings. The lowest BCUT2D eigenvalue weighted by Gasteiger charge is -2.23. The van der Waals surface area contributed by atoms with E-state index in [1.165, 1.54) is 0 Å². The topological polar surface area (TPSA) is 55.3 Å². The number of nitrogens with zero attached hydrogens (tertiary/aromatic N) is 2. The van der Waals surface area contributed by atoms with Gasteiger partial charge in [0.1, 0.15) is 5.75 Å². The average Bonchev–Trinajstić information content (AvgIpc) is 2.60.